The Morgan fingerprint density at radius 2 is 2.16 bits per heavy atom. The van der Waals surface area contributed by atoms with Gasteiger partial charge >= 0.3 is 5.97 Å². The maximum atomic E-state index is 12.2. The Morgan fingerprint density at radius 1 is 1.32 bits per heavy atom. The number of rotatable bonds is 7. The number of halogens is 1. The molecule has 2 heterocycles. The van der Waals surface area contributed by atoms with Gasteiger partial charge in [0.15, 0.2) is 0 Å². The summed E-state index contributed by atoms with van der Waals surface area (Å²) in [7, 11) is 0. The summed E-state index contributed by atoms with van der Waals surface area (Å²) in [6.45, 7) is 2.93. The molecule has 0 saturated heterocycles. The molecule has 1 N–H and O–H groups in total. The highest BCUT2D eigenvalue weighted by atomic mass is 35.5. The molecule has 0 atom stereocenters. The summed E-state index contributed by atoms with van der Waals surface area (Å²) in [5.41, 5.74) is 2.52. The van der Waals surface area contributed by atoms with Crippen LogP contribution in [0.2, 0.25) is 5.02 Å². The van der Waals surface area contributed by atoms with E-state index in [4.69, 9.17) is 20.9 Å². The van der Waals surface area contributed by atoms with Crippen LogP contribution < -0.4 is 5.32 Å². The van der Waals surface area contributed by atoms with Crippen molar-refractivity contribution in [2.45, 2.75) is 20.0 Å². The largest absolute Gasteiger partial charge is 0.462 e. The van der Waals surface area contributed by atoms with Crippen molar-refractivity contribution in [3.63, 3.8) is 0 Å². The third kappa shape index (κ3) is 3.89. The Hall–Kier alpha value is -2.64. The first-order valence-electron chi connectivity index (χ1n) is 7.79. The van der Waals surface area contributed by atoms with Gasteiger partial charge in [0, 0.05) is 19.2 Å². The highest BCUT2D eigenvalue weighted by Crippen LogP contribution is 2.23. The standard InChI is InChI=1S/C17H17ClN4O3/c1-2-24-17(23)13-10-20-22(15-6-4-3-5-14(15)18)16(13)11-19-9-12-7-8-25-21-12/h3-8,10,19H,2,9,11H2,1H3. The number of benzene rings is 1. The summed E-state index contributed by atoms with van der Waals surface area (Å²) in [5, 5.41) is 11.9. The fourth-order valence-electron chi connectivity index (χ4n) is 2.39. The Bertz CT molecular complexity index is 845. The zero-order valence-corrected chi connectivity index (χ0v) is 14.4. The first-order chi connectivity index (χ1) is 12.2. The van der Waals surface area contributed by atoms with Gasteiger partial charge in [-0.2, -0.15) is 5.10 Å². The molecule has 0 fully saturated rings. The molecule has 0 bridgehead atoms. The van der Waals surface area contributed by atoms with Crippen molar-refractivity contribution < 1.29 is 14.1 Å². The normalized spacial score (nSPS) is 10.8. The van der Waals surface area contributed by atoms with Crippen LogP contribution >= 0.6 is 11.6 Å². The van der Waals surface area contributed by atoms with Crippen LogP contribution in [0.5, 0.6) is 0 Å². The first kappa shape index (κ1) is 17.2. The Kier molecular flexibility index (Phi) is 5.47. The molecule has 3 rings (SSSR count). The van der Waals surface area contributed by atoms with Gasteiger partial charge in [-0.25, -0.2) is 9.48 Å². The number of nitrogens with zero attached hydrogens (tertiary/aromatic N) is 3. The smallest absolute Gasteiger partial charge is 0.341 e. The molecule has 0 saturated carbocycles. The Balaban J connectivity index is 1.89. The van der Waals surface area contributed by atoms with E-state index in [0.29, 0.717) is 41.7 Å². The van der Waals surface area contributed by atoms with Crippen LogP contribution in [0, 0.1) is 0 Å². The molecule has 0 unspecified atom stereocenters. The maximum Gasteiger partial charge on any atom is 0.341 e. The lowest BCUT2D eigenvalue weighted by molar-refractivity contribution is 0.0525. The molecule has 0 amide bonds. The van der Waals surface area contributed by atoms with E-state index in [9.17, 15) is 4.79 Å². The fourth-order valence-corrected chi connectivity index (χ4v) is 2.61. The molecule has 0 aliphatic rings. The molecule has 130 valence electrons. The molecule has 8 heteroatoms. The summed E-state index contributed by atoms with van der Waals surface area (Å²) < 4.78 is 11.6. The topological polar surface area (TPSA) is 82.2 Å². The monoisotopic (exact) mass is 360 g/mol. The second-order valence-corrected chi connectivity index (χ2v) is 5.59. The molecule has 25 heavy (non-hydrogen) atoms. The number of para-hydroxylation sites is 1. The predicted octanol–water partition coefficient (Wildman–Crippen LogP) is 2.98. The zero-order chi connectivity index (χ0) is 17.6. The lowest BCUT2D eigenvalue weighted by Crippen LogP contribution is -2.19. The van der Waals surface area contributed by atoms with Gasteiger partial charge in [-0.15, -0.1) is 0 Å². The van der Waals surface area contributed by atoms with Crippen molar-refractivity contribution in [1.29, 1.82) is 0 Å². The average Bonchev–Trinajstić information content (AvgIpc) is 3.26. The lowest BCUT2D eigenvalue weighted by Gasteiger charge is -2.11. The molecule has 0 spiro atoms. The van der Waals surface area contributed by atoms with Gasteiger partial charge in [0.1, 0.15) is 11.8 Å². The number of hydrogen-bond acceptors (Lipinski definition) is 6. The second kappa shape index (κ2) is 7.96. The highest BCUT2D eigenvalue weighted by Gasteiger charge is 2.20. The van der Waals surface area contributed by atoms with Crippen LogP contribution in [0.15, 0.2) is 47.3 Å². The first-order valence-corrected chi connectivity index (χ1v) is 8.17. The molecule has 0 aliphatic carbocycles. The molecule has 7 nitrogen and oxygen atoms in total. The van der Waals surface area contributed by atoms with E-state index >= 15 is 0 Å². The van der Waals surface area contributed by atoms with Crippen LogP contribution in [0.4, 0.5) is 0 Å². The van der Waals surface area contributed by atoms with Crippen LogP contribution in [-0.2, 0) is 17.8 Å². The molecule has 0 radical (unpaired) electrons. The number of hydrogen-bond donors (Lipinski definition) is 1. The van der Waals surface area contributed by atoms with Gasteiger partial charge in [-0.05, 0) is 19.1 Å². The lowest BCUT2D eigenvalue weighted by atomic mass is 10.2. The summed E-state index contributed by atoms with van der Waals surface area (Å²) in [6, 6.07) is 9.08. The average molecular weight is 361 g/mol. The number of ether oxygens (including phenoxy) is 1. The van der Waals surface area contributed by atoms with E-state index in [0.717, 1.165) is 5.69 Å². The van der Waals surface area contributed by atoms with Gasteiger partial charge in [-0.1, -0.05) is 28.9 Å². The minimum atomic E-state index is -0.418. The predicted molar refractivity (Wildman–Crippen MR) is 91.6 cm³/mol. The molecular formula is C17H17ClN4O3. The van der Waals surface area contributed by atoms with Crippen LogP contribution in [0.1, 0.15) is 28.7 Å². The van der Waals surface area contributed by atoms with E-state index in [1.807, 2.05) is 18.2 Å². The van der Waals surface area contributed by atoms with Gasteiger partial charge < -0.3 is 14.6 Å². The minimum absolute atomic E-state index is 0.294. The highest BCUT2D eigenvalue weighted by molar-refractivity contribution is 6.32. The second-order valence-electron chi connectivity index (χ2n) is 5.18. The molecule has 0 aliphatic heterocycles. The molecule has 2 aromatic heterocycles. The minimum Gasteiger partial charge on any atom is -0.462 e. The van der Waals surface area contributed by atoms with E-state index in [1.54, 1.807) is 23.7 Å². The number of nitrogens with one attached hydrogen (secondary N) is 1. The number of carbonyl (C=O) groups is 1. The van der Waals surface area contributed by atoms with Crippen molar-refractivity contribution in [2.24, 2.45) is 0 Å². The van der Waals surface area contributed by atoms with Crippen molar-refractivity contribution in [3.05, 3.63) is 64.8 Å². The molecule has 3 aromatic rings. The van der Waals surface area contributed by atoms with E-state index in [2.05, 4.69) is 15.6 Å². The van der Waals surface area contributed by atoms with Crippen molar-refractivity contribution in [2.75, 3.05) is 6.61 Å². The third-order valence-electron chi connectivity index (χ3n) is 3.53. The fraction of sp³-hybridized carbons (Fsp3) is 0.235. The van der Waals surface area contributed by atoms with E-state index in [1.165, 1.54) is 12.5 Å². The molecular weight excluding hydrogens is 344 g/mol. The Morgan fingerprint density at radius 3 is 2.88 bits per heavy atom. The quantitative estimate of drug-likeness (QED) is 0.652. The van der Waals surface area contributed by atoms with Crippen LogP contribution in [0.3, 0.4) is 0 Å². The summed E-state index contributed by atoms with van der Waals surface area (Å²) in [4.78, 5) is 12.2. The summed E-state index contributed by atoms with van der Waals surface area (Å²) in [6.07, 6.45) is 3.00. The summed E-state index contributed by atoms with van der Waals surface area (Å²) in [5.74, 6) is -0.418. The van der Waals surface area contributed by atoms with E-state index in [-0.39, 0.29) is 0 Å². The van der Waals surface area contributed by atoms with Gasteiger partial charge in [0.05, 0.1) is 34.9 Å². The Labute approximate surface area is 149 Å². The SMILES string of the molecule is CCOC(=O)c1cnn(-c2ccccc2Cl)c1CNCc1ccon1. The van der Waals surface area contributed by atoms with E-state index < -0.39 is 5.97 Å². The third-order valence-corrected chi connectivity index (χ3v) is 3.85. The van der Waals surface area contributed by atoms with Crippen molar-refractivity contribution in [1.82, 2.24) is 20.3 Å². The zero-order valence-electron chi connectivity index (χ0n) is 13.6. The van der Waals surface area contributed by atoms with Crippen LogP contribution in [0.25, 0.3) is 5.69 Å². The number of aromatic nitrogens is 3. The summed E-state index contributed by atoms with van der Waals surface area (Å²) >= 11 is 6.28. The van der Waals surface area contributed by atoms with Gasteiger partial charge in [0.2, 0.25) is 0 Å². The number of esters is 1. The molecule has 1 aromatic carbocycles. The van der Waals surface area contributed by atoms with Gasteiger partial charge in [-0.3, -0.25) is 0 Å². The van der Waals surface area contributed by atoms with Crippen molar-refractivity contribution >= 4 is 17.6 Å². The van der Waals surface area contributed by atoms with Crippen LogP contribution in [-0.4, -0.2) is 27.5 Å². The maximum absolute atomic E-state index is 12.2. The van der Waals surface area contributed by atoms with Crippen molar-refractivity contribution in [3.8, 4) is 5.69 Å². The van der Waals surface area contributed by atoms with Gasteiger partial charge in [0.25, 0.3) is 0 Å². The number of carbonyl (C=O) groups excluding carboxylic acids is 1.